The van der Waals surface area contributed by atoms with Crippen molar-refractivity contribution < 1.29 is 19.4 Å². The highest BCUT2D eigenvalue weighted by Crippen LogP contribution is 2.27. The van der Waals surface area contributed by atoms with Gasteiger partial charge in [0.25, 0.3) is 5.91 Å². The van der Waals surface area contributed by atoms with Gasteiger partial charge in [-0.15, -0.1) is 0 Å². The fourth-order valence-electron chi connectivity index (χ4n) is 2.82. The van der Waals surface area contributed by atoms with Gasteiger partial charge in [0, 0.05) is 19.7 Å². The molecule has 1 aromatic rings. The summed E-state index contributed by atoms with van der Waals surface area (Å²) in [4.78, 5) is 14.6. The van der Waals surface area contributed by atoms with Crippen molar-refractivity contribution in [2.24, 2.45) is 5.92 Å². The molecule has 0 aliphatic carbocycles. The van der Waals surface area contributed by atoms with Crippen LogP contribution in [0.3, 0.4) is 0 Å². The molecule has 1 heterocycles. The van der Waals surface area contributed by atoms with E-state index in [1.54, 1.807) is 32.4 Å². The normalized spacial score (nSPS) is 18.4. The molecule has 5 nitrogen and oxygen atoms in total. The number of likely N-dealkylation sites (tertiary alicyclic amines) is 1. The van der Waals surface area contributed by atoms with Crippen molar-refractivity contribution >= 4 is 5.91 Å². The third kappa shape index (κ3) is 3.67. The average molecular weight is 293 g/mol. The van der Waals surface area contributed by atoms with Crippen LogP contribution in [0.2, 0.25) is 0 Å². The molecule has 1 aromatic carbocycles. The number of piperidine rings is 1. The first-order valence-electron chi connectivity index (χ1n) is 7.31. The Bertz CT molecular complexity index is 487. The molecule has 1 aliphatic rings. The third-order valence-corrected chi connectivity index (χ3v) is 3.98. The minimum atomic E-state index is -0.0339. The highest BCUT2D eigenvalue weighted by molar-refractivity contribution is 5.97. The maximum atomic E-state index is 12.7. The predicted molar refractivity (Wildman–Crippen MR) is 79.9 cm³/mol. The van der Waals surface area contributed by atoms with Gasteiger partial charge in [0.05, 0.1) is 19.8 Å². The van der Waals surface area contributed by atoms with Crippen LogP contribution in [0, 0.1) is 5.92 Å². The first-order chi connectivity index (χ1) is 10.2. The number of nitrogens with zero attached hydrogens (tertiary/aromatic N) is 1. The number of rotatable bonds is 5. The van der Waals surface area contributed by atoms with Crippen LogP contribution in [-0.4, -0.2) is 49.8 Å². The molecule has 0 radical (unpaired) electrons. The quantitative estimate of drug-likeness (QED) is 0.901. The van der Waals surface area contributed by atoms with Crippen LogP contribution in [0.4, 0.5) is 0 Å². The summed E-state index contributed by atoms with van der Waals surface area (Å²) in [5.74, 6) is 1.55. The summed E-state index contributed by atoms with van der Waals surface area (Å²) >= 11 is 0. The Morgan fingerprint density at radius 1 is 1.38 bits per heavy atom. The molecule has 1 aliphatic heterocycles. The molecule has 1 atom stereocenters. The zero-order valence-corrected chi connectivity index (χ0v) is 12.7. The second-order valence-corrected chi connectivity index (χ2v) is 5.34. The van der Waals surface area contributed by atoms with Gasteiger partial charge in [0.2, 0.25) is 0 Å². The van der Waals surface area contributed by atoms with Gasteiger partial charge in [-0.1, -0.05) is 0 Å². The average Bonchev–Trinajstić information content (AvgIpc) is 2.54. The standard InChI is InChI=1S/C16H23NO4/c1-20-13-5-6-15(21-2)14(10-13)16(19)17-8-3-4-12(11-17)7-9-18/h5-6,10,12,18H,3-4,7-9,11H2,1-2H3. The van der Waals surface area contributed by atoms with Gasteiger partial charge in [-0.05, 0) is 43.4 Å². The van der Waals surface area contributed by atoms with Crippen molar-refractivity contribution in [3.05, 3.63) is 23.8 Å². The molecule has 0 saturated carbocycles. The molecule has 1 amide bonds. The van der Waals surface area contributed by atoms with Crippen molar-refractivity contribution in [2.75, 3.05) is 33.9 Å². The zero-order valence-electron chi connectivity index (χ0n) is 12.7. The summed E-state index contributed by atoms with van der Waals surface area (Å²) in [6.45, 7) is 1.62. The van der Waals surface area contributed by atoms with E-state index in [9.17, 15) is 4.79 Å². The topological polar surface area (TPSA) is 59.0 Å². The number of aliphatic hydroxyl groups excluding tert-OH is 1. The molecule has 2 rings (SSSR count). The Balaban J connectivity index is 2.18. The number of carbonyl (C=O) groups excluding carboxylic acids is 1. The van der Waals surface area contributed by atoms with E-state index < -0.39 is 0 Å². The van der Waals surface area contributed by atoms with Crippen molar-refractivity contribution in [2.45, 2.75) is 19.3 Å². The van der Waals surface area contributed by atoms with Crippen LogP contribution in [0.15, 0.2) is 18.2 Å². The van der Waals surface area contributed by atoms with Crippen molar-refractivity contribution in [1.29, 1.82) is 0 Å². The van der Waals surface area contributed by atoms with E-state index in [0.717, 1.165) is 25.8 Å². The number of aliphatic hydroxyl groups is 1. The predicted octanol–water partition coefficient (Wildman–Crippen LogP) is 1.94. The van der Waals surface area contributed by atoms with Crippen LogP contribution in [0.1, 0.15) is 29.6 Å². The van der Waals surface area contributed by atoms with Gasteiger partial charge in [0.15, 0.2) is 0 Å². The van der Waals surface area contributed by atoms with Crippen LogP contribution in [0.5, 0.6) is 11.5 Å². The summed E-state index contributed by atoms with van der Waals surface area (Å²) in [5.41, 5.74) is 0.529. The van der Waals surface area contributed by atoms with E-state index in [2.05, 4.69) is 0 Å². The molecule has 5 heteroatoms. The highest BCUT2D eigenvalue weighted by Gasteiger charge is 2.26. The molecule has 116 valence electrons. The first kappa shape index (κ1) is 15.6. The Kier molecular flexibility index (Phi) is 5.44. The second-order valence-electron chi connectivity index (χ2n) is 5.34. The monoisotopic (exact) mass is 293 g/mol. The lowest BCUT2D eigenvalue weighted by atomic mass is 9.94. The molecule has 1 unspecified atom stereocenters. The number of benzene rings is 1. The van der Waals surface area contributed by atoms with E-state index >= 15 is 0 Å². The van der Waals surface area contributed by atoms with Crippen LogP contribution >= 0.6 is 0 Å². The van der Waals surface area contributed by atoms with Crippen LogP contribution in [0.25, 0.3) is 0 Å². The van der Waals surface area contributed by atoms with Gasteiger partial charge >= 0.3 is 0 Å². The number of hydrogen-bond acceptors (Lipinski definition) is 4. The number of methoxy groups -OCH3 is 2. The van der Waals surface area contributed by atoms with Crippen molar-refractivity contribution in [1.82, 2.24) is 4.90 Å². The van der Waals surface area contributed by atoms with Crippen molar-refractivity contribution in [3.63, 3.8) is 0 Å². The largest absolute Gasteiger partial charge is 0.497 e. The van der Waals surface area contributed by atoms with Crippen molar-refractivity contribution in [3.8, 4) is 11.5 Å². The number of amides is 1. The molecule has 0 aromatic heterocycles. The maximum Gasteiger partial charge on any atom is 0.257 e. The minimum absolute atomic E-state index is 0.0339. The molecule has 1 N–H and O–H groups in total. The highest BCUT2D eigenvalue weighted by atomic mass is 16.5. The van der Waals surface area contributed by atoms with E-state index in [1.807, 2.05) is 4.90 Å². The van der Waals surface area contributed by atoms with E-state index in [1.165, 1.54) is 0 Å². The Labute approximate surface area is 125 Å². The van der Waals surface area contributed by atoms with Gasteiger partial charge in [-0.3, -0.25) is 4.79 Å². The SMILES string of the molecule is COc1ccc(OC)c(C(=O)N2CCCC(CCO)C2)c1. The van der Waals surface area contributed by atoms with E-state index in [4.69, 9.17) is 14.6 Å². The fourth-order valence-corrected chi connectivity index (χ4v) is 2.82. The minimum Gasteiger partial charge on any atom is -0.497 e. The number of carbonyl (C=O) groups is 1. The Morgan fingerprint density at radius 3 is 2.86 bits per heavy atom. The molecule has 0 spiro atoms. The summed E-state index contributed by atoms with van der Waals surface area (Å²) in [7, 11) is 3.14. The lowest BCUT2D eigenvalue weighted by Crippen LogP contribution is -2.40. The van der Waals surface area contributed by atoms with E-state index in [-0.39, 0.29) is 12.5 Å². The van der Waals surface area contributed by atoms with Gasteiger partial charge in [-0.25, -0.2) is 0 Å². The molecular weight excluding hydrogens is 270 g/mol. The summed E-state index contributed by atoms with van der Waals surface area (Å²) in [5, 5.41) is 9.07. The molecule has 21 heavy (non-hydrogen) atoms. The summed E-state index contributed by atoms with van der Waals surface area (Å²) in [6.07, 6.45) is 2.79. The van der Waals surface area contributed by atoms with Crippen LogP contribution in [-0.2, 0) is 0 Å². The summed E-state index contributed by atoms with van der Waals surface area (Å²) in [6, 6.07) is 5.25. The first-order valence-corrected chi connectivity index (χ1v) is 7.31. The lowest BCUT2D eigenvalue weighted by Gasteiger charge is -2.33. The maximum absolute atomic E-state index is 12.7. The smallest absolute Gasteiger partial charge is 0.257 e. The Hall–Kier alpha value is -1.75. The summed E-state index contributed by atoms with van der Waals surface area (Å²) < 4.78 is 10.5. The fraction of sp³-hybridized carbons (Fsp3) is 0.562. The number of hydrogen-bond donors (Lipinski definition) is 1. The molecular formula is C16H23NO4. The Morgan fingerprint density at radius 2 is 2.19 bits per heavy atom. The lowest BCUT2D eigenvalue weighted by molar-refractivity contribution is 0.0650. The molecule has 1 saturated heterocycles. The zero-order chi connectivity index (χ0) is 15.2. The van der Waals surface area contributed by atoms with Gasteiger partial charge in [-0.2, -0.15) is 0 Å². The van der Waals surface area contributed by atoms with Gasteiger partial charge in [0.1, 0.15) is 11.5 Å². The van der Waals surface area contributed by atoms with Crippen LogP contribution < -0.4 is 9.47 Å². The second kappa shape index (κ2) is 7.31. The molecule has 0 bridgehead atoms. The third-order valence-electron chi connectivity index (χ3n) is 3.98. The number of ether oxygens (including phenoxy) is 2. The van der Waals surface area contributed by atoms with Gasteiger partial charge < -0.3 is 19.5 Å². The molecule has 1 fully saturated rings. The van der Waals surface area contributed by atoms with E-state index in [0.29, 0.717) is 29.5 Å².